The number of aryl methyl sites for hydroxylation is 1. The molecule has 2 rings (SSSR count). The molecule has 14 heavy (non-hydrogen) atoms. The standard InChI is InChI=1S/C12H15NO/c1-8(2)11-7-10(14)6-9-4-5-13(3)12(9)11/h4-8,14H,1-3H3. The Kier molecular flexibility index (Phi) is 1.99. The molecule has 1 aromatic carbocycles. The van der Waals surface area contributed by atoms with E-state index in [-0.39, 0.29) is 0 Å². The van der Waals surface area contributed by atoms with Crippen molar-refractivity contribution in [2.75, 3.05) is 0 Å². The van der Waals surface area contributed by atoms with Crippen LogP contribution in [0.2, 0.25) is 0 Å². The first-order valence-corrected chi connectivity index (χ1v) is 4.87. The summed E-state index contributed by atoms with van der Waals surface area (Å²) in [5.41, 5.74) is 2.42. The molecule has 1 aromatic heterocycles. The molecule has 0 amide bonds. The predicted octanol–water partition coefficient (Wildman–Crippen LogP) is 3.01. The van der Waals surface area contributed by atoms with Crippen molar-refractivity contribution in [3.63, 3.8) is 0 Å². The monoisotopic (exact) mass is 189 g/mol. The van der Waals surface area contributed by atoms with Gasteiger partial charge in [0, 0.05) is 18.6 Å². The summed E-state index contributed by atoms with van der Waals surface area (Å²) >= 11 is 0. The average Bonchev–Trinajstić information content (AvgIpc) is 2.46. The molecule has 1 N–H and O–H groups in total. The zero-order valence-electron chi connectivity index (χ0n) is 8.78. The van der Waals surface area contributed by atoms with Gasteiger partial charge >= 0.3 is 0 Å². The smallest absolute Gasteiger partial charge is 0.116 e. The van der Waals surface area contributed by atoms with Gasteiger partial charge in [0.1, 0.15) is 5.75 Å². The van der Waals surface area contributed by atoms with Crippen LogP contribution in [0.15, 0.2) is 24.4 Å². The van der Waals surface area contributed by atoms with E-state index >= 15 is 0 Å². The van der Waals surface area contributed by atoms with Gasteiger partial charge in [0.2, 0.25) is 0 Å². The van der Waals surface area contributed by atoms with E-state index in [2.05, 4.69) is 18.4 Å². The van der Waals surface area contributed by atoms with Gasteiger partial charge in [-0.1, -0.05) is 13.8 Å². The molecule has 0 spiro atoms. The molecular formula is C12H15NO. The lowest BCUT2D eigenvalue weighted by Crippen LogP contribution is -1.94. The summed E-state index contributed by atoms with van der Waals surface area (Å²) in [6.45, 7) is 4.28. The van der Waals surface area contributed by atoms with Crippen molar-refractivity contribution in [3.8, 4) is 5.75 Å². The van der Waals surface area contributed by atoms with Crippen LogP contribution in [-0.4, -0.2) is 9.67 Å². The fourth-order valence-electron chi connectivity index (χ4n) is 1.90. The first-order chi connectivity index (χ1) is 6.59. The molecule has 0 aliphatic carbocycles. The van der Waals surface area contributed by atoms with Crippen molar-refractivity contribution in [1.29, 1.82) is 0 Å². The Labute approximate surface area is 83.8 Å². The molecule has 0 aliphatic heterocycles. The number of hydrogen-bond donors (Lipinski definition) is 1. The maximum absolute atomic E-state index is 9.56. The van der Waals surface area contributed by atoms with Crippen molar-refractivity contribution in [2.45, 2.75) is 19.8 Å². The fraction of sp³-hybridized carbons (Fsp3) is 0.333. The highest BCUT2D eigenvalue weighted by Crippen LogP contribution is 2.29. The second kappa shape index (κ2) is 3.05. The summed E-state index contributed by atoms with van der Waals surface area (Å²) in [5, 5.41) is 10.7. The highest BCUT2D eigenvalue weighted by molar-refractivity contribution is 5.85. The molecule has 2 heteroatoms. The van der Waals surface area contributed by atoms with Crippen LogP contribution >= 0.6 is 0 Å². The minimum atomic E-state index is 0.354. The molecular weight excluding hydrogens is 174 g/mol. The third-order valence-corrected chi connectivity index (χ3v) is 2.61. The van der Waals surface area contributed by atoms with Crippen LogP contribution in [0, 0.1) is 0 Å². The molecule has 2 aromatic rings. The molecule has 0 aliphatic rings. The number of aromatic hydroxyl groups is 1. The van der Waals surface area contributed by atoms with Gasteiger partial charge < -0.3 is 9.67 Å². The Morgan fingerprint density at radius 1 is 1.29 bits per heavy atom. The van der Waals surface area contributed by atoms with Crippen LogP contribution in [0.5, 0.6) is 5.75 Å². The third-order valence-electron chi connectivity index (χ3n) is 2.61. The fourth-order valence-corrected chi connectivity index (χ4v) is 1.90. The minimum Gasteiger partial charge on any atom is -0.508 e. The van der Waals surface area contributed by atoms with Crippen LogP contribution in [-0.2, 0) is 7.05 Å². The Bertz CT molecular complexity index is 468. The van der Waals surface area contributed by atoms with Gasteiger partial charge in [0.05, 0.1) is 5.52 Å². The molecule has 0 radical (unpaired) electrons. The first-order valence-electron chi connectivity index (χ1n) is 4.87. The maximum atomic E-state index is 9.56. The molecule has 1 heterocycles. The molecule has 0 fully saturated rings. The van der Waals surface area contributed by atoms with Crippen LogP contribution in [0.4, 0.5) is 0 Å². The van der Waals surface area contributed by atoms with E-state index in [4.69, 9.17) is 0 Å². The molecule has 0 saturated heterocycles. The van der Waals surface area contributed by atoms with Gasteiger partial charge in [-0.25, -0.2) is 0 Å². The number of aromatic nitrogens is 1. The summed E-state index contributed by atoms with van der Waals surface area (Å²) < 4.78 is 2.10. The van der Waals surface area contributed by atoms with Crippen molar-refractivity contribution in [1.82, 2.24) is 4.57 Å². The predicted molar refractivity (Wildman–Crippen MR) is 58.7 cm³/mol. The maximum Gasteiger partial charge on any atom is 0.116 e. The highest BCUT2D eigenvalue weighted by atomic mass is 16.3. The summed E-state index contributed by atoms with van der Waals surface area (Å²) in [5.74, 6) is 0.783. The number of fused-ring (bicyclic) bond motifs is 1. The second-order valence-corrected chi connectivity index (χ2v) is 4.05. The SMILES string of the molecule is CC(C)c1cc(O)cc2ccn(C)c12. The molecule has 0 bridgehead atoms. The molecule has 0 unspecified atom stereocenters. The normalized spacial score (nSPS) is 11.4. The number of benzene rings is 1. The zero-order chi connectivity index (χ0) is 10.3. The van der Waals surface area contributed by atoms with Gasteiger partial charge in [-0.15, -0.1) is 0 Å². The van der Waals surface area contributed by atoms with Crippen molar-refractivity contribution in [2.24, 2.45) is 7.05 Å². The number of phenolic OH excluding ortho intramolecular Hbond substituents is 1. The minimum absolute atomic E-state index is 0.354. The molecule has 2 nitrogen and oxygen atoms in total. The van der Waals surface area contributed by atoms with E-state index in [0.29, 0.717) is 11.7 Å². The number of nitrogens with zero attached hydrogens (tertiary/aromatic N) is 1. The summed E-state index contributed by atoms with van der Waals surface area (Å²) in [6, 6.07) is 5.69. The van der Waals surface area contributed by atoms with Crippen LogP contribution in [0.25, 0.3) is 10.9 Å². The third kappa shape index (κ3) is 1.27. The Balaban J connectivity index is 2.83. The Morgan fingerprint density at radius 3 is 2.64 bits per heavy atom. The van der Waals surface area contributed by atoms with E-state index < -0.39 is 0 Å². The van der Waals surface area contributed by atoms with E-state index in [1.165, 1.54) is 11.1 Å². The van der Waals surface area contributed by atoms with Gasteiger partial charge in [0.25, 0.3) is 0 Å². The van der Waals surface area contributed by atoms with E-state index in [1.807, 2.05) is 25.4 Å². The lowest BCUT2D eigenvalue weighted by Gasteiger charge is -2.10. The van der Waals surface area contributed by atoms with Crippen molar-refractivity contribution < 1.29 is 5.11 Å². The van der Waals surface area contributed by atoms with E-state index in [9.17, 15) is 5.11 Å². The van der Waals surface area contributed by atoms with Crippen LogP contribution < -0.4 is 0 Å². The van der Waals surface area contributed by atoms with Gasteiger partial charge in [-0.2, -0.15) is 0 Å². The summed E-state index contributed by atoms with van der Waals surface area (Å²) in [6.07, 6.45) is 2.02. The molecule has 74 valence electrons. The summed E-state index contributed by atoms with van der Waals surface area (Å²) in [7, 11) is 2.03. The number of hydrogen-bond acceptors (Lipinski definition) is 1. The van der Waals surface area contributed by atoms with Crippen molar-refractivity contribution >= 4 is 10.9 Å². The molecule has 0 atom stereocenters. The zero-order valence-corrected chi connectivity index (χ0v) is 8.78. The summed E-state index contributed by atoms with van der Waals surface area (Å²) in [4.78, 5) is 0. The second-order valence-electron chi connectivity index (χ2n) is 4.05. The van der Waals surface area contributed by atoms with Crippen LogP contribution in [0.1, 0.15) is 25.3 Å². The molecule has 0 saturated carbocycles. The van der Waals surface area contributed by atoms with Gasteiger partial charge in [-0.05, 0) is 29.7 Å². The Morgan fingerprint density at radius 2 is 2.00 bits per heavy atom. The first kappa shape index (κ1) is 9.13. The Hall–Kier alpha value is -1.44. The number of rotatable bonds is 1. The van der Waals surface area contributed by atoms with Crippen LogP contribution in [0.3, 0.4) is 0 Å². The number of phenols is 1. The van der Waals surface area contributed by atoms with Crippen molar-refractivity contribution in [3.05, 3.63) is 30.0 Å². The lowest BCUT2D eigenvalue weighted by atomic mass is 10.0. The van der Waals surface area contributed by atoms with Gasteiger partial charge in [0.15, 0.2) is 0 Å². The van der Waals surface area contributed by atoms with Gasteiger partial charge in [-0.3, -0.25) is 0 Å². The lowest BCUT2D eigenvalue weighted by molar-refractivity contribution is 0.475. The highest BCUT2D eigenvalue weighted by Gasteiger charge is 2.09. The van der Waals surface area contributed by atoms with E-state index in [1.54, 1.807) is 6.07 Å². The van der Waals surface area contributed by atoms with E-state index in [0.717, 1.165) is 5.39 Å². The quantitative estimate of drug-likeness (QED) is 0.733. The topological polar surface area (TPSA) is 25.2 Å². The largest absolute Gasteiger partial charge is 0.508 e. The average molecular weight is 189 g/mol.